The van der Waals surface area contributed by atoms with Gasteiger partial charge in [-0.05, 0) is 38.8 Å². The van der Waals surface area contributed by atoms with Crippen LogP contribution in [0.25, 0.3) is 0 Å². The van der Waals surface area contributed by atoms with Crippen LogP contribution in [0, 0.1) is 0 Å². The normalized spacial score (nSPS) is 20.1. The van der Waals surface area contributed by atoms with Crippen molar-refractivity contribution < 1.29 is 4.74 Å². The predicted molar refractivity (Wildman–Crippen MR) is 59.4 cm³/mol. The molecule has 1 fully saturated rings. The van der Waals surface area contributed by atoms with Crippen LogP contribution in [0.2, 0.25) is 0 Å². The number of likely N-dealkylation sites (tertiary alicyclic amines) is 1. The monoisotopic (exact) mass is 200 g/mol. The second-order valence-electron chi connectivity index (χ2n) is 4.14. The van der Waals surface area contributed by atoms with Crippen LogP contribution in [0.3, 0.4) is 0 Å². The first-order valence-corrected chi connectivity index (χ1v) is 5.88. The van der Waals surface area contributed by atoms with Gasteiger partial charge in [-0.15, -0.1) is 0 Å². The van der Waals surface area contributed by atoms with Gasteiger partial charge in [-0.25, -0.2) is 0 Å². The van der Waals surface area contributed by atoms with E-state index >= 15 is 0 Å². The lowest BCUT2D eigenvalue weighted by Crippen LogP contribution is -2.40. The number of ether oxygens (including phenoxy) is 1. The molecule has 84 valence electrons. The van der Waals surface area contributed by atoms with E-state index in [1.54, 1.807) is 0 Å². The van der Waals surface area contributed by atoms with Crippen LogP contribution in [0.4, 0.5) is 0 Å². The van der Waals surface area contributed by atoms with E-state index in [1.165, 1.54) is 19.6 Å². The van der Waals surface area contributed by atoms with Crippen molar-refractivity contribution in [2.75, 3.05) is 32.8 Å². The summed E-state index contributed by atoms with van der Waals surface area (Å²) in [4.78, 5) is 2.50. The molecule has 0 saturated carbocycles. The number of nitrogens with two attached hydrogens (primary N) is 1. The molecular weight excluding hydrogens is 176 g/mol. The lowest BCUT2D eigenvalue weighted by atomic mass is 10.1. The van der Waals surface area contributed by atoms with Gasteiger partial charge in [-0.1, -0.05) is 6.92 Å². The van der Waals surface area contributed by atoms with Crippen molar-refractivity contribution >= 4 is 0 Å². The van der Waals surface area contributed by atoms with Gasteiger partial charge in [0.2, 0.25) is 0 Å². The van der Waals surface area contributed by atoms with Gasteiger partial charge in [0.25, 0.3) is 0 Å². The summed E-state index contributed by atoms with van der Waals surface area (Å²) < 4.78 is 5.44. The Balaban J connectivity index is 1.91. The minimum atomic E-state index is 0.447. The van der Waals surface area contributed by atoms with Gasteiger partial charge < -0.3 is 15.4 Å². The third-order valence-electron chi connectivity index (χ3n) is 2.74. The van der Waals surface area contributed by atoms with Crippen molar-refractivity contribution in [3.8, 4) is 0 Å². The minimum absolute atomic E-state index is 0.447. The maximum atomic E-state index is 5.84. The maximum Gasteiger partial charge on any atom is 0.0478 e. The number of rotatable bonds is 6. The van der Waals surface area contributed by atoms with Crippen molar-refractivity contribution in [2.24, 2.45) is 5.73 Å². The molecule has 0 aromatic rings. The Morgan fingerprint density at radius 2 is 2.00 bits per heavy atom. The van der Waals surface area contributed by atoms with Crippen LogP contribution in [0.5, 0.6) is 0 Å². The van der Waals surface area contributed by atoms with Crippen LogP contribution in [0.1, 0.15) is 32.6 Å². The zero-order valence-corrected chi connectivity index (χ0v) is 9.37. The Hall–Kier alpha value is -0.120. The molecule has 3 nitrogen and oxygen atoms in total. The fourth-order valence-electron chi connectivity index (χ4n) is 1.81. The average molecular weight is 200 g/mol. The Morgan fingerprint density at radius 3 is 2.64 bits per heavy atom. The molecule has 0 radical (unpaired) electrons. The van der Waals surface area contributed by atoms with E-state index in [0.717, 1.165) is 38.9 Å². The summed E-state index contributed by atoms with van der Waals surface area (Å²) in [5.74, 6) is 0. The highest BCUT2D eigenvalue weighted by Crippen LogP contribution is 2.08. The molecule has 0 aliphatic carbocycles. The van der Waals surface area contributed by atoms with Crippen molar-refractivity contribution in [1.82, 2.24) is 4.90 Å². The quantitative estimate of drug-likeness (QED) is 0.655. The van der Waals surface area contributed by atoms with Gasteiger partial charge in [0.05, 0.1) is 0 Å². The first kappa shape index (κ1) is 12.0. The van der Waals surface area contributed by atoms with Crippen molar-refractivity contribution in [1.29, 1.82) is 0 Å². The van der Waals surface area contributed by atoms with E-state index in [1.807, 2.05) is 0 Å². The molecule has 2 N–H and O–H groups in total. The second kappa shape index (κ2) is 7.21. The Kier molecular flexibility index (Phi) is 6.15. The zero-order valence-electron chi connectivity index (χ0n) is 9.37. The van der Waals surface area contributed by atoms with Gasteiger partial charge in [-0.3, -0.25) is 0 Å². The molecule has 1 aliphatic rings. The average Bonchev–Trinajstić information content (AvgIpc) is 2.21. The Labute approximate surface area is 87.6 Å². The summed E-state index contributed by atoms with van der Waals surface area (Å²) in [6.07, 6.45) is 4.61. The lowest BCUT2D eigenvalue weighted by Gasteiger charge is -2.29. The van der Waals surface area contributed by atoms with Crippen LogP contribution in [0.15, 0.2) is 0 Å². The third-order valence-corrected chi connectivity index (χ3v) is 2.74. The van der Waals surface area contributed by atoms with E-state index in [4.69, 9.17) is 10.5 Å². The van der Waals surface area contributed by atoms with Gasteiger partial charge in [0.1, 0.15) is 0 Å². The van der Waals surface area contributed by atoms with E-state index in [9.17, 15) is 0 Å². The molecule has 0 spiro atoms. The fraction of sp³-hybridized carbons (Fsp3) is 1.00. The topological polar surface area (TPSA) is 38.5 Å². The largest absolute Gasteiger partial charge is 0.381 e. The molecule has 0 amide bonds. The molecular formula is C11H24N2O. The highest BCUT2D eigenvalue weighted by Gasteiger charge is 2.14. The fourth-order valence-corrected chi connectivity index (χ4v) is 1.81. The standard InChI is InChI=1S/C11H24N2O/c1-2-9-14-10-3-6-13-7-4-11(12)5-8-13/h11H,2-10,12H2,1H3. The number of hydrogen-bond donors (Lipinski definition) is 1. The highest BCUT2D eigenvalue weighted by atomic mass is 16.5. The predicted octanol–water partition coefficient (Wildman–Crippen LogP) is 1.23. The van der Waals surface area contributed by atoms with E-state index in [0.29, 0.717) is 6.04 Å². The van der Waals surface area contributed by atoms with Gasteiger partial charge >= 0.3 is 0 Å². The molecule has 0 aromatic heterocycles. The molecule has 1 saturated heterocycles. The summed E-state index contributed by atoms with van der Waals surface area (Å²) >= 11 is 0. The number of hydrogen-bond acceptors (Lipinski definition) is 3. The summed E-state index contributed by atoms with van der Waals surface area (Å²) in [6.45, 7) is 7.49. The maximum absolute atomic E-state index is 5.84. The molecule has 0 atom stereocenters. The van der Waals surface area contributed by atoms with Crippen LogP contribution in [-0.2, 0) is 4.74 Å². The van der Waals surface area contributed by atoms with Crippen LogP contribution < -0.4 is 5.73 Å². The van der Waals surface area contributed by atoms with Crippen LogP contribution >= 0.6 is 0 Å². The third kappa shape index (κ3) is 4.94. The van der Waals surface area contributed by atoms with Crippen molar-refractivity contribution in [2.45, 2.75) is 38.6 Å². The van der Waals surface area contributed by atoms with Crippen LogP contribution in [-0.4, -0.2) is 43.8 Å². The summed E-state index contributed by atoms with van der Waals surface area (Å²) in [5.41, 5.74) is 5.84. The molecule has 3 heteroatoms. The SMILES string of the molecule is CCCOCCCN1CCC(N)CC1. The second-order valence-corrected chi connectivity index (χ2v) is 4.14. The lowest BCUT2D eigenvalue weighted by molar-refractivity contribution is 0.116. The van der Waals surface area contributed by atoms with Gasteiger partial charge in [-0.2, -0.15) is 0 Å². The summed E-state index contributed by atoms with van der Waals surface area (Å²) in [5, 5.41) is 0. The molecule has 1 rings (SSSR count). The zero-order chi connectivity index (χ0) is 10.2. The Bertz CT molecular complexity index is 133. The number of piperidine rings is 1. The molecule has 0 unspecified atom stereocenters. The summed E-state index contributed by atoms with van der Waals surface area (Å²) in [7, 11) is 0. The van der Waals surface area contributed by atoms with Gasteiger partial charge in [0, 0.05) is 25.8 Å². The molecule has 0 aromatic carbocycles. The van der Waals surface area contributed by atoms with E-state index in [-0.39, 0.29) is 0 Å². The highest BCUT2D eigenvalue weighted by molar-refractivity contribution is 4.73. The Morgan fingerprint density at radius 1 is 1.29 bits per heavy atom. The number of nitrogens with zero attached hydrogens (tertiary/aromatic N) is 1. The van der Waals surface area contributed by atoms with E-state index in [2.05, 4.69) is 11.8 Å². The molecule has 14 heavy (non-hydrogen) atoms. The van der Waals surface area contributed by atoms with Crippen molar-refractivity contribution in [3.63, 3.8) is 0 Å². The molecule has 1 heterocycles. The minimum Gasteiger partial charge on any atom is -0.381 e. The van der Waals surface area contributed by atoms with Crippen molar-refractivity contribution in [3.05, 3.63) is 0 Å². The summed E-state index contributed by atoms with van der Waals surface area (Å²) in [6, 6.07) is 0.447. The molecule has 0 bridgehead atoms. The van der Waals surface area contributed by atoms with Gasteiger partial charge in [0.15, 0.2) is 0 Å². The molecule has 1 aliphatic heterocycles. The smallest absolute Gasteiger partial charge is 0.0478 e. The van der Waals surface area contributed by atoms with E-state index < -0.39 is 0 Å². The first-order valence-electron chi connectivity index (χ1n) is 5.88. The first-order chi connectivity index (χ1) is 6.83.